The molecular formula is C10H13BrN2O2S. The number of methoxy groups -OCH3 is 1. The number of thioether (sulfide) groups is 1. The molecule has 0 aromatic heterocycles. The van der Waals surface area contributed by atoms with Crippen molar-refractivity contribution in [3.05, 3.63) is 29.8 Å². The molecule has 0 saturated heterocycles. The van der Waals surface area contributed by atoms with Gasteiger partial charge in [0.2, 0.25) is 0 Å². The van der Waals surface area contributed by atoms with Crippen LogP contribution in [-0.4, -0.2) is 23.1 Å². The smallest absolute Gasteiger partial charge is 0.194 e. The number of benzene rings is 1. The number of ether oxygens (including phenoxy) is 1. The molecule has 1 atom stereocenters. The molecule has 0 spiro atoms. The van der Waals surface area contributed by atoms with Gasteiger partial charge in [0.25, 0.3) is 0 Å². The van der Waals surface area contributed by atoms with Crippen LogP contribution in [0.15, 0.2) is 29.3 Å². The van der Waals surface area contributed by atoms with Gasteiger partial charge in [0, 0.05) is 5.56 Å². The maximum absolute atomic E-state index is 10.2. The number of rotatable bonds is 2. The van der Waals surface area contributed by atoms with Crippen LogP contribution in [0.2, 0.25) is 0 Å². The van der Waals surface area contributed by atoms with Crippen molar-refractivity contribution in [1.82, 2.24) is 0 Å². The first-order valence-electron chi connectivity index (χ1n) is 4.49. The number of nitrogens with zero attached hydrogens (tertiary/aromatic N) is 1. The molecule has 16 heavy (non-hydrogen) atoms. The van der Waals surface area contributed by atoms with Crippen molar-refractivity contribution in [3.8, 4) is 5.75 Å². The molecule has 6 heteroatoms. The highest BCUT2D eigenvalue weighted by atomic mass is 79.9. The van der Waals surface area contributed by atoms with E-state index in [1.807, 2.05) is 0 Å². The number of halogens is 1. The van der Waals surface area contributed by atoms with Crippen molar-refractivity contribution in [1.29, 1.82) is 0 Å². The highest BCUT2D eigenvalue weighted by Gasteiger charge is 2.34. The Morgan fingerprint density at radius 3 is 2.50 bits per heavy atom. The van der Waals surface area contributed by atoms with Crippen LogP contribution in [0.5, 0.6) is 5.75 Å². The molecule has 2 rings (SSSR count). The summed E-state index contributed by atoms with van der Waals surface area (Å²) in [5.41, 5.74) is 5.09. The summed E-state index contributed by atoms with van der Waals surface area (Å²) in [5.74, 6) is 1.22. The lowest BCUT2D eigenvalue weighted by Crippen LogP contribution is -2.23. The largest absolute Gasteiger partial charge is 0.497 e. The quantitative estimate of drug-likeness (QED) is 0.868. The summed E-state index contributed by atoms with van der Waals surface area (Å²) in [6.07, 6.45) is 0. The lowest BCUT2D eigenvalue weighted by Gasteiger charge is -2.18. The Balaban J connectivity index is 0.00000128. The van der Waals surface area contributed by atoms with Crippen LogP contribution in [0.1, 0.15) is 5.56 Å². The molecule has 1 aliphatic heterocycles. The van der Waals surface area contributed by atoms with Crippen LogP contribution in [0.4, 0.5) is 0 Å². The third-order valence-corrected chi connectivity index (χ3v) is 3.20. The van der Waals surface area contributed by atoms with Gasteiger partial charge in [-0.05, 0) is 12.1 Å². The molecule has 1 aromatic carbocycles. The number of nitrogens with two attached hydrogens (primary N) is 1. The number of amidine groups is 1. The van der Waals surface area contributed by atoms with E-state index in [2.05, 4.69) is 4.99 Å². The minimum atomic E-state index is -1.18. The zero-order chi connectivity index (χ0) is 10.9. The molecule has 0 fully saturated rings. The molecule has 4 nitrogen and oxygen atoms in total. The second-order valence-corrected chi connectivity index (χ2v) is 4.28. The third kappa shape index (κ3) is 2.50. The second kappa shape index (κ2) is 5.07. The van der Waals surface area contributed by atoms with Gasteiger partial charge in [-0.1, -0.05) is 23.9 Å². The van der Waals surface area contributed by atoms with E-state index in [1.54, 1.807) is 31.4 Å². The lowest BCUT2D eigenvalue weighted by molar-refractivity contribution is 0.0757. The van der Waals surface area contributed by atoms with Crippen LogP contribution < -0.4 is 10.5 Å². The molecule has 0 bridgehead atoms. The van der Waals surface area contributed by atoms with E-state index < -0.39 is 5.72 Å². The maximum Gasteiger partial charge on any atom is 0.194 e. The molecule has 1 unspecified atom stereocenters. The first-order chi connectivity index (χ1) is 7.14. The van der Waals surface area contributed by atoms with Crippen molar-refractivity contribution in [2.24, 2.45) is 10.7 Å². The summed E-state index contributed by atoms with van der Waals surface area (Å²) in [6, 6.07) is 7.17. The fourth-order valence-corrected chi connectivity index (χ4v) is 2.22. The standard InChI is InChI=1S/C10H12N2O2S.BrH/c1-14-8-4-2-7(3-5-8)10(13)6-15-9(11)12-10;/h2-5,13H,6H2,1H3,(H2,11,12);1H. The Labute approximate surface area is 109 Å². The Kier molecular flexibility index (Phi) is 4.23. The molecule has 88 valence electrons. The van der Waals surface area contributed by atoms with Crippen LogP contribution in [0.3, 0.4) is 0 Å². The zero-order valence-corrected chi connectivity index (χ0v) is 11.2. The van der Waals surface area contributed by atoms with E-state index in [9.17, 15) is 5.11 Å². The summed E-state index contributed by atoms with van der Waals surface area (Å²) >= 11 is 1.36. The van der Waals surface area contributed by atoms with Crippen molar-refractivity contribution >= 4 is 33.9 Å². The van der Waals surface area contributed by atoms with E-state index in [4.69, 9.17) is 10.5 Å². The van der Waals surface area contributed by atoms with E-state index >= 15 is 0 Å². The molecule has 0 amide bonds. The van der Waals surface area contributed by atoms with Gasteiger partial charge in [-0.2, -0.15) is 0 Å². The van der Waals surface area contributed by atoms with Crippen molar-refractivity contribution in [3.63, 3.8) is 0 Å². The third-order valence-electron chi connectivity index (χ3n) is 2.27. The Hall–Kier alpha value is -0.720. The fraction of sp³-hybridized carbons (Fsp3) is 0.300. The summed E-state index contributed by atoms with van der Waals surface area (Å²) in [4.78, 5) is 4.02. The van der Waals surface area contributed by atoms with Crippen molar-refractivity contribution < 1.29 is 9.84 Å². The summed E-state index contributed by atoms with van der Waals surface area (Å²) in [7, 11) is 1.60. The SMILES string of the molecule is Br.COc1ccc(C2(O)CSC(N)=N2)cc1. The van der Waals surface area contributed by atoms with E-state index in [0.29, 0.717) is 10.9 Å². The number of hydrogen-bond donors (Lipinski definition) is 2. The van der Waals surface area contributed by atoms with Crippen LogP contribution in [0.25, 0.3) is 0 Å². The predicted molar refractivity (Wildman–Crippen MR) is 71.3 cm³/mol. The molecule has 1 aliphatic rings. The van der Waals surface area contributed by atoms with Gasteiger partial charge in [-0.25, -0.2) is 4.99 Å². The lowest BCUT2D eigenvalue weighted by atomic mass is 10.1. The van der Waals surface area contributed by atoms with Gasteiger partial charge in [0.15, 0.2) is 10.9 Å². The maximum atomic E-state index is 10.2. The van der Waals surface area contributed by atoms with Gasteiger partial charge in [-0.3, -0.25) is 0 Å². The second-order valence-electron chi connectivity index (χ2n) is 3.28. The zero-order valence-electron chi connectivity index (χ0n) is 8.71. The molecular weight excluding hydrogens is 292 g/mol. The predicted octanol–water partition coefficient (Wildman–Crippen LogP) is 1.48. The van der Waals surface area contributed by atoms with Gasteiger partial charge >= 0.3 is 0 Å². The van der Waals surface area contributed by atoms with Crippen LogP contribution >= 0.6 is 28.7 Å². The monoisotopic (exact) mass is 304 g/mol. The minimum Gasteiger partial charge on any atom is -0.497 e. The van der Waals surface area contributed by atoms with Crippen LogP contribution in [0, 0.1) is 0 Å². The average molecular weight is 305 g/mol. The Bertz CT molecular complexity index is 396. The molecule has 0 aliphatic carbocycles. The Morgan fingerprint density at radius 2 is 2.06 bits per heavy atom. The minimum absolute atomic E-state index is 0. The van der Waals surface area contributed by atoms with Crippen LogP contribution in [-0.2, 0) is 5.72 Å². The fourth-order valence-electron chi connectivity index (χ4n) is 1.43. The van der Waals surface area contributed by atoms with E-state index in [1.165, 1.54) is 11.8 Å². The molecule has 1 aromatic rings. The van der Waals surface area contributed by atoms with Gasteiger partial charge < -0.3 is 15.6 Å². The summed E-state index contributed by atoms with van der Waals surface area (Å²) < 4.78 is 5.04. The number of hydrogen-bond acceptors (Lipinski definition) is 5. The molecule has 0 radical (unpaired) electrons. The topological polar surface area (TPSA) is 67.8 Å². The van der Waals surface area contributed by atoms with Gasteiger partial charge in [0.05, 0.1) is 12.9 Å². The van der Waals surface area contributed by atoms with Crippen molar-refractivity contribution in [2.45, 2.75) is 5.72 Å². The van der Waals surface area contributed by atoms with Gasteiger partial charge in [-0.15, -0.1) is 17.0 Å². The van der Waals surface area contributed by atoms with E-state index in [0.717, 1.165) is 11.3 Å². The highest BCUT2D eigenvalue weighted by Crippen LogP contribution is 2.33. The van der Waals surface area contributed by atoms with E-state index in [-0.39, 0.29) is 17.0 Å². The molecule has 0 saturated carbocycles. The molecule has 1 heterocycles. The van der Waals surface area contributed by atoms with Gasteiger partial charge in [0.1, 0.15) is 5.75 Å². The molecule has 3 N–H and O–H groups in total. The highest BCUT2D eigenvalue weighted by molar-refractivity contribution is 8.93. The first kappa shape index (κ1) is 13.3. The summed E-state index contributed by atoms with van der Waals surface area (Å²) in [5, 5.41) is 10.6. The average Bonchev–Trinajstić information content (AvgIpc) is 2.60. The van der Waals surface area contributed by atoms with Crippen molar-refractivity contribution in [2.75, 3.05) is 12.9 Å². The normalized spacial score (nSPS) is 23.5. The number of aliphatic hydroxyl groups is 1. The Morgan fingerprint density at radius 1 is 1.44 bits per heavy atom. The first-order valence-corrected chi connectivity index (χ1v) is 5.48. The number of aliphatic imine (C=N–C) groups is 1. The summed E-state index contributed by atoms with van der Waals surface area (Å²) in [6.45, 7) is 0.